The number of pyridine rings is 1. The first-order valence-electron chi connectivity index (χ1n) is 26.0. The topological polar surface area (TPSA) is 50.9 Å². The molecule has 9 rings (SSSR count). The monoisotopic (exact) mass is 1090 g/mol. The van der Waals surface area contributed by atoms with Crippen LogP contribution >= 0.6 is 0 Å². The number of fused-ring (bicyclic) bond motifs is 1. The molecule has 5 heteroatoms. The van der Waals surface area contributed by atoms with Crippen LogP contribution in [0.5, 0.6) is 5.75 Å². The molecule has 4 nitrogen and oxygen atoms in total. The molecule has 0 amide bonds. The first-order chi connectivity index (χ1) is 34.2. The van der Waals surface area contributed by atoms with Gasteiger partial charge in [-0.05, 0) is 117 Å². The van der Waals surface area contributed by atoms with E-state index in [1.165, 1.54) is 5.56 Å². The van der Waals surface area contributed by atoms with Crippen molar-refractivity contribution in [1.29, 1.82) is 0 Å². The number of aromatic hydroxyl groups is 1. The number of phenolic OH excluding ortho intramolecular Hbond substituents is 1. The Bertz CT molecular complexity index is 3520. The Kier molecular flexibility index (Phi) is 11.9. The summed E-state index contributed by atoms with van der Waals surface area (Å²) in [4.78, 5) is 10.4. The largest absolute Gasteiger partial charge is 0.507 e. The molecule has 0 aliphatic carbocycles. The molecular formula is C64H64N3OPt-. The maximum absolute atomic E-state index is 12.6. The van der Waals surface area contributed by atoms with Crippen molar-refractivity contribution in [2.45, 2.75) is 106 Å². The van der Waals surface area contributed by atoms with Crippen molar-refractivity contribution in [3.8, 4) is 78.6 Å². The smallest absolute Gasteiger partial charge is 0.148 e. The van der Waals surface area contributed by atoms with Crippen molar-refractivity contribution >= 4 is 11.0 Å². The van der Waals surface area contributed by atoms with Crippen molar-refractivity contribution in [3.63, 3.8) is 0 Å². The van der Waals surface area contributed by atoms with Crippen molar-refractivity contribution in [2.75, 3.05) is 0 Å². The number of benzene rings is 7. The van der Waals surface area contributed by atoms with Gasteiger partial charge < -0.3 is 5.11 Å². The molecule has 2 aromatic heterocycles. The first kappa shape index (κ1) is 42.7. The number of nitrogens with zero attached hydrogens (tertiary/aromatic N) is 3. The van der Waals surface area contributed by atoms with Gasteiger partial charge in [-0.25, -0.2) is 4.98 Å². The maximum atomic E-state index is 12.6. The number of hydrogen-bond donors (Lipinski definition) is 1. The molecule has 0 aliphatic heterocycles. The molecule has 0 fully saturated rings. The van der Waals surface area contributed by atoms with Crippen LogP contribution in [0.25, 0.3) is 83.9 Å². The van der Waals surface area contributed by atoms with Gasteiger partial charge in [-0.2, -0.15) is 0 Å². The summed E-state index contributed by atoms with van der Waals surface area (Å²) in [5.74, 6) is -1.68. The summed E-state index contributed by atoms with van der Waals surface area (Å²) in [5, 5.41) is 12.6. The molecule has 0 radical (unpaired) electrons. The van der Waals surface area contributed by atoms with Crippen LogP contribution in [0.3, 0.4) is 0 Å². The van der Waals surface area contributed by atoms with Crippen LogP contribution < -0.4 is 0 Å². The van der Waals surface area contributed by atoms with E-state index in [2.05, 4.69) is 115 Å². The van der Waals surface area contributed by atoms with Gasteiger partial charge in [-0.15, -0.1) is 23.8 Å². The molecule has 352 valence electrons. The van der Waals surface area contributed by atoms with E-state index in [9.17, 15) is 12.0 Å². The fourth-order valence-corrected chi connectivity index (χ4v) is 9.29. The van der Waals surface area contributed by atoms with Crippen LogP contribution in [0, 0.1) is 19.8 Å². The first-order valence-corrected chi connectivity index (χ1v) is 23.5. The van der Waals surface area contributed by atoms with Gasteiger partial charge in [0.25, 0.3) is 0 Å². The van der Waals surface area contributed by atoms with Gasteiger partial charge in [-0.1, -0.05) is 195 Å². The van der Waals surface area contributed by atoms with E-state index in [0.717, 1.165) is 55.8 Å². The number of aryl methyl sites for hydroxylation is 2. The second-order valence-electron chi connectivity index (χ2n) is 20.7. The van der Waals surface area contributed by atoms with E-state index in [0.29, 0.717) is 50.4 Å². The third kappa shape index (κ3) is 9.66. The fraction of sp³-hybridized carbons (Fsp3) is 0.250. The minimum atomic E-state index is -2.64. The van der Waals surface area contributed by atoms with Gasteiger partial charge in [-0.3, -0.25) is 9.55 Å². The molecule has 0 bridgehead atoms. The second kappa shape index (κ2) is 19.2. The Hall–Kier alpha value is -6.35. The number of aromatic nitrogens is 3. The van der Waals surface area contributed by atoms with Crippen LogP contribution in [0.1, 0.15) is 121 Å². The molecule has 0 atom stereocenters. The standard InChI is InChI=1S/C64H64N3O.Pt/c1-39(2)51-20-16-21-52(40(3)4)59(51)46-28-29-57(42(6)32-46)67-58-23-17-22-53(60(58)66-62(67)54-37-50(63(7,8)9)38-55(61(54)68)64(10,11)12)48-33-47(43-18-14-13-15-19-43)34-49(35-48)56-36-45(30-31-65-56)44-26-24-41(5)25-27-44;/h13-34,36-40,68H,1-12H3;/q-1;/i6D3,39D,40D;. The van der Waals surface area contributed by atoms with E-state index in [-0.39, 0.29) is 37.8 Å². The Balaban J connectivity index is 0.00000729. The zero-order chi connectivity index (χ0) is 52.6. The molecule has 0 saturated heterocycles. The summed E-state index contributed by atoms with van der Waals surface area (Å²) in [6.45, 7) is 19.3. The van der Waals surface area contributed by atoms with Crippen molar-refractivity contribution in [2.24, 2.45) is 0 Å². The number of phenols is 1. The number of imidazole rings is 1. The summed E-state index contributed by atoms with van der Waals surface area (Å²) in [6.07, 6.45) is 1.83. The van der Waals surface area contributed by atoms with E-state index in [1.54, 1.807) is 6.07 Å². The molecule has 69 heavy (non-hydrogen) atoms. The van der Waals surface area contributed by atoms with Crippen LogP contribution in [-0.2, 0) is 31.9 Å². The Morgan fingerprint density at radius 3 is 1.93 bits per heavy atom. The van der Waals surface area contributed by atoms with Gasteiger partial charge in [0.15, 0.2) is 0 Å². The molecular weight excluding hydrogens is 1020 g/mol. The van der Waals surface area contributed by atoms with E-state index < -0.39 is 24.1 Å². The van der Waals surface area contributed by atoms with Crippen molar-refractivity contribution in [1.82, 2.24) is 14.5 Å². The molecule has 1 N–H and O–H groups in total. The van der Waals surface area contributed by atoms with E-state index >= 15 is 0 Å². The third-order valence-electron chi connectivity index (χ3n) is 13.1. The van der Waals surface area contributed by atoms with Gasteiger partial charge in [0.1, 0.15) is 11.6 Å². The normalized spacial score (nSPS) is 13.5. The van der Waals surface area contributed by atoms with Crippen LogP contribution in [0.2, 0.25) is 0 Å². The van der Waals surface area contributed by atoms with Crippen LogP contribution in [-0.4, -0.2) is 19.6 Å². The average molecular weight is 1090 g/mol. The summed E-state index contributed by atoms with van der Waals surface area (Å²) in [5.41, 5.74) is 14.0. The van der Waals surface area contributed by atoms with Crippen molar-refractivity contribution < 1.29 is 33.0 Å². The third-order valence-corrected chi connectivity index (χ3v) is 13.1. The van der Waals surface area contributed by atoms with E-state index in [1.807, 2.05) is 117 Å². The van der Waals surface area contributed by atoms with Gasteiger partial charge in [0.05, 0.1) is 22.3 Å². The number of rotatable bonds is 9. The minimum Gasteiger partial charge on any atom is -0.507 e. The summed E-state index contributed by atoms with van der Waals surface area (Å²) in [7, 11) is 0. The van der Waals surface area contributed by atoms with Gasteiger partial charge >= 0.3 is 0 Å². The number of para-hydroxylation sites is 1. The predicted octanol–water partition coefficient (Wildman–Crippen LogP) is 17.4. The quantitative estimate of drug-likeness (QED) is 0.147. The van der Waals surface area contributed by atoms with Crippen LogP contribution in [0.15, 0.2) is 152 Å². The molecule has 2 heterocycles. The Labute approximate surface area is 431 Å². The second-order valence-corrected chi connectivity index (χ2v) is 20.7. The SMILES string of the molecule is [2H]C([2H])([2H])c1cc(-c2c(C([2H])(C)C)cccc2C([2H])(C)C)ccc1-n1c(-c2cc(C(C)(C)C)cc(C(C)(C)C)c2O)nc2c(-c3[c-]c(-c4cc(-c5ccc(C)cc5)ccn4)cc(-c4ccccc4)c3)cccc21.[Pt]. The summed E-state index contributed by atoms with van der Waals surface area (Å²) >= 11 is 0. The Morgan fingerprint density at radius 1 is 0.623 bits per heavy atom. The summed E-state index contributed by atoms with van der Waals surface area (Å²) < 4.78 is 48.0. The van der Waals surface area contributed by atoms with E-state index in [4.69, 9.17) is 9.97 Å². The molecule has 0 spiro atoms. The number of hydrogen-bond acceptors (Lipinski definition) is 3. The average Bonchev–Trinajstić information content (AvgIpc) is 3.72. The Morgan fingerprint density at radius 2 is 1.28 bits per heavy atom. The predicted molar refractivity (Wildman–Crippen MR) is 287 cm³/mol. The zero-order valence-corrected chi connectivity index (χ0v) is 43.8. The summed E-state index contributed by atoms with van der Waals surface area (Å²) in [6, 6.07) is 51.9. The fourth-order valence-electron chi connectivity index (χ4n) is 9.29. The van der Waals surface area contributed by atoms with Crippen molar-refractivity contribution in [3.05, 3.63) is 191 Å². The molecule has 0 saturated carbocycles. The zero-order valence-electron chi connectivity index (χ0n) is 46.5. The molecule has 9 aromatic rings. The minimum absolute atomic E-state index is 0. The van der Waals surface area contributed by atoms with Crippen LogP contribution in [0.4, 0.5) is 0 Å². The van der Waals surface area contributed by atoms with Gasteiger partial charge in [0.2, 0.25) is 0 Å². The van der Waals surface area contributed by atoms with Gasteiger partial charge in [0, 0.05) is 45.4 Å². The maximum Gasteiger partial charge on any atom is 0.148 e. The molecule has 0 aliphatic rings. The molecule has 7 aromatic carbocycles. The molecule has 0 unspecified atom stereocenters.